The van der Waals surface area contributed by atoms with Gasteiger partial charge in [-0.2, -0.15) is 0 Å². The van der Waals surface area contributed by atoms with E-state index in [9.17, 15) is 0 Å². The molecule has 1 aromatic carbocycles. The number of hydrogen-bond donors (Lipinski definition) is 1. The van der Waals surface area contributed by atoms with Crippen molar-refractivity contribution in [1.29, 1.82) is 0 Å². The summed E-state index contributed by atoms with van der Waals surface area (Å²) in [7, 11) is 1.69. The molecule has 1 N–H and O–H groups in total. The summed E-state index contributed by atoms with van der Waals surface area (Å²) in [5.41, 5.74) is 1.16. The predicted molar refractivity (Wildman–Crippen MR) is 75.4 cm³/mol. The molecule has 0 fully saturated rings. The molecule has 3 heteroatoms. The van der Waals surface area contributed by atoms with Crippen LogP contribution in [0.1, 0.15) is 39.2 Å². The van der Waals surface area contributed by atoms with Crippen LogP contribution < -0.4 is 14.8 Å². The molecular weight excluding hydrogens is 226 g/mol. The van der Waals surface area contributed by atoms with Crippen molar-refractivity contribution in [2.24, 2.45) is 0 Å². The molecule has 0 radical (unpaired) electrons. The summed E-state index contributed by atoms with van der Waals surface area (Å²) in [6, 6.07) is 6.00. The molecule has 0 heterocycles. The molecule has 0 aliphatic heterocycles. The average molecular weight is 251 g/mol. The van der Waals surface area contributed by atoms with Gasteiger partial charge in [0.15, 0.2) is 0 Å². The maximum absolute atomic E-state index is 6.04. The van der Waals surface area contributed by atoms with Crippen LogP contribution >= 0.6 is 0 Å². The minimum absolute atomic E-state index is 0.291. The van der Waals surface area contributed by atoms with Gasteiger partial charge in [-0.25, -0.2) is 0 Å². The normalized spacial score (nSPS) is 10.7. The van der Waals surface area contributed by atoms with Crippen molar-refractivity contribution in [3.8, 4) is 11.5 Å². The third-order valence-electron chi connectivity index (χ3n) is 3.04. The molecule has 0 atom stereocenters. The first-order valence-electron chi connectivity index (χ1n) is 6.79. The zero-order valence-corrected chi connectivity index (χ0v) is 12.0. The Kier molecular flexibility index (Phi) is 6.58. The number of nitrogens with one attached hydrogen (secondary N) is 1. The highest BCUT2D eigenvalue weighted by Crippen LogP contribution is 2.26. The molecule has 0 bridgehead atoms. The van der Waals surface area contributed by atoms with Crippen LogP contribution in [0.5, 0.6) is 11.5 Å². The summed E-state index contributed by atoms with van der Waals surface area (Å²) in [6.45, 7) is 8.16. The van der Waals surface area contributed by atoms with Crippen molar-refractivity contribution in [2.45, 2.75) is 46.3 Å². The van der Waals surface area contributed by atoms with Crippen LogP contribution in [0, 0.1) is 0 Å². The second-order valence-corrected chi connectivity index (χ2v) is 4.31. The molecule has 1 aromatic rings. The van der Waals surface area contributed by atoms with Crippen molar-refractivity contribution >= 4 is 0 Å². The molecule has 0 amide bonds. The first-order chi connectivity index (χ1) is 8.74. The summed E-state index contributed by atoms with van der Waals surface area (Å²) >= 11 is 0. The number of ether oxygens (including phenoxy) is 2. The van der Waals surface area contributed by atoms with Gasteiger partial charge in [-0.15, -0.1) is 0 Å². The van der Waals surface area contributed by atoms with Crippen LogP contribution in [0.3, 0.4) is 0 Å². The van der Waals surface area contributed by atoms with E-state index in [1.807, 2.05) is 18.2 Å². The fourth-order valence-electron chi connectivity index (χ4n) is 1.83. The Labute approximate surface area is 110 Å². The van der Waals surface area contributed by atoms with Crippen molar-refractivity contribution in [3.63, 3.8) is 0 Å². The Morgan fingerprint density at radius 1 is 1.17 bits per heavy atom. The Hall–Kier alpha value is -1.22. The highest BCUT2D eigenvalue weighted by atomic mass is 16.5. The molecule has 1 rings (SSSR count). The standard InChI is InChI=1S/C15H25NO2/c1-5-13(6-2)18-15-9-8-14(17-4)10-12(15)11-16-7-3/h8-10,13,16H,5-7,11H2,1-4H3. The van der Waals surface area contributed by atoms with E-state index >= 15 is 0 Å². The van der Waals surface area contributed by atoms with E-state index in [0.29, 0.717) is 6.10 Å². The minimum Gasteiger partial charge on any atom is -0.497 e. The second kappa shape index (κ2) is 7.98. The van der Waals surface area contributed by atoms with Gasteiger partial charge in [0.25, 0.3) is 0 Å². The third kappa shape index (κ3) is 4.22. The van der Waals surface area contributed by atoms with Gasteiger partial charge >= 0.3 is 0 Å². The highest BCUT2D eigenvalue weighted by molar-refractivity contribution is 5.40. The smallest absolute Gasteiger partial charge is 0.124 e. The quantitative estimate of drug-likeness (QED) is 0.768. The Balaban J connectivity index is 2.86. The van der Waals surface area contributed by atoms with E-state index in [1.54, 1.807) is 7.11 Å². The van der Waals surface area contributed by atoms with Crippen molar-refractivity contribution in [1.82, 2.24) is 5.32 Å². The van der Waals surface area contributed by atoms with Crippen LogP contribution in [-0.4, -0.2) is 19.8 Å². The van der Waals surface area contributed by atoms with Crippen molar-refractivity contribution in [3.05, 3.63) is 23.8 Å². The number of rotatable bonds is 8. The predicted octanol–water partition coefficient (Wildman–Crippen LogP) is 3.37. The van der Waals surface area contributed by atoms with Crippen LogP contribution in [0.25, 0.3) is 0 Å². The van der Waals surface area contributed by atoms with E-state index in [0.717, 1.165) is 43.0 Å². The van der Waals surface area contributed by atoms with Gasteiger partial charge in [-0.1, -0.05) is 20.8 Å². The van der Waals surface area contributed by atoms with E-state index < -0.39 is 0 Å². The average Bonchev–Trinajstić information content (AvgIpc) is 2.43. The van der Waals surface area contributed by atoms with Gasteiger partial charge in [-0.05, 0) is 37.6 Å². The largest absolute Gasteiger partial charge is 0.497 e. The molecule has 0 unspecified atom stereocenters. The van der Waals surface area contributed by atoms with Crippen LogP contribution in [0.4, 0.5) is 0 Å². The topological polar surface area (TPSA) is 30.5 Å². The Morgan fingerprint density at radius 2 is 1.89 bits per heavy atom. The number of hydrogen-bond acceptors (Lipinski definition) is 3. The molecular formula is C15H25NO2. The fourth-order valence-corrected chi connectivity index (χ4v) is 1.83. The Morgan fingerprint density at radius 3 is 2.44 bits per heavy atom. The van der Waals surface area contributed by atoms with Crippen molar-refractivity contribution in [2.75, 3.05) is 13.7 Å². The molecule has 0 aliphatic rings. The molecule has 3 nitrogen and oxygen atoms in total. The highest BCUT2D eigenvalue weighted by Gasteiger charge is 2.10. The summed E-state index contributed by atoms with van der Waals surface area (Å²) < 4.78 is 11.3. The lowest BCUT2D eigenvalue weighted by Gasteiger charge is -2.19. The van der Waals surface area contributed by atoms with E-state index in [1.165, 1.54) is 0 Å². The second-order valence-electron chi connectivity index (χ2n) is 4.31. The van der Waals surface area contributed by atoms with Crippen LogP contribution in [0.2, 0.25) is 0 Å². The lowest BCUT2D eigenvalue weighted by atomic mass is 10.1. The maximum Gasteiger partial charge on any atom is 0.124 e. The lowest BCUT2D eigenvalue weighted by Crippen LogP contribution is -2.17. The maximum atomic E-state index is 6.04. The van der Waals surface area contributed by atoms with Gasteiger partial charge in [0.1, 0.15) is 11.5 Å². The van der Waals surface area contributed by atoms with Gasteiger partial charge < -0.3 is 14.8 Å². The third-order valence-corrected chi connectivity index (χ3v) is 3.04. The summed E-state index contributed by atoms with van der Waals surface area (Å²) in [4.78, 5) is 0. The molecule has 0 aromatic heterocycles. The first kappa shape index (κ1) is 14.8. The van der Waals surface area contributed by atoms with Gasteiger partial charge in [0.05, 0.1) is 13.2 Å². The molecule has 18 heavy (non-hydrogen) atoms. The number of methoxy groups -OCH3 is 1. The molecule has 102 valence electrons. The van der Waals surface area contributed by atoms with Gasteiger partial charge in [-0.3, -0.25) is 0 Å². The van der Waals surface area contributed by atoms with E-state index in [4.69, 9.17) is 9.47 Å². The Bertz CT molecular complexity index is 348. The zero-order chi connectivity index (χ0) is 13.4. The fraction of sp³-hybridized carbons (Fsp3) is 0.600. The van der Waals surface area contributed by atoms with Crippen LogP contribution in [-0.2, 0) is 6.54 Å². The monoisotopic (exact) mass is 251 g/mol. The molecule has 0 saturated heterocycles. The number of benzene rings is 1. The van der Waals surface area contributed by atoms with Crippen molar-refractivity contribution < 1.29 is 9.47 Å². The minimum atomic E-state index is 0.291. The molecule has 0 aliphatic carbocycles. The molecule has 0 spiro atoms. The summed E-state index contributed by atoms with van der Waals surface area (Å²) in [5.74, 6) is 1.84. The summed E-state index contributed by atoms with van der Waals surface area (Å²) in [6.07, 6.45) is 2.35. The summed E-state index contributed by atoms with van der Waals surface area (Å²) in [5, 5.41) is 3.33. The van der Waals surface area contributed by atoms with Gasteiger partial charge in [0.2, 0.25) is 0 Å². The van der Waals surface area contributed by atoms with Gasteiger partial charge in [0, 0.05) is 12.1 Å². The van der Waals surface area contributed by atoms with E-state index in [-0.39, 0.29) is 0 Å². The lowest BCUT2D eigenvalue weighted by molar-refractivity contribution is 0.190. The molecule has 0 saturated carbocycles. The van der Waals surface area contributed by atoms with E-state index in [2.05, 4.69) is 26.1 Å². The van der Waals surface area contributed by atoms with Crippen LogP contribution in [0.15, 0.2) is 18.2 Å². The zero-order valence-electron chi connectivity index (χ0n) is 12.0. The SMILES string of the molecule is CCNCc1cc(OC)ccc1OC(CC)CC. The first-order valence-corrected chi connectivity index (χ1v) is 6.79.